The summed E-state index contributed by atoms with van der Waals surface area (Å²) in [5.74, 6) is 1.54. The Morgan fingerprint density at radius 1 is 1.23 bits per heavy atom. The lowest BCUT2D eigenvalue weighted by atomic mass is 9.78. The molecule has 6 heteroatoms. The van der Waals surface area contributed by atoms with Crippen LogP contribution >= 0.6 is 24.0 Å². The van der Waals surface area contributed by atoms with Crippen LogP contribution in [0.15, 0.2) is 4.99 Å². The van der Waals surface area contributed by atoms with Gasteiger partial charge in [-0.3, -0.25) is 4.79 Å². The summed E-state index contributed by atoms with van der Waals surface area (Å²) in [5.41, 5.74) is 0.262. The van der Waals surface area contributed by atoms with Crippen LogP contribution in [0.1, 0.15) is 46.5 Å². The van der Waals surface area contributed by atoms with Crippen molar-refractivity contribution in [3.63, 3.8) is 0 Å². The SMILES string of the molecule is CCNC(=NCC(=O)N(C)C)NCC(C)(C)C1CCCC1.I. The predicted molar refractivity (Wildman–Crippen MR) is 104 cm³/mol. The van der Waals surface area contributed by atoms with Crippen molar-refractivity contribution in [1.29, 1.82) is 0 Å². The monoisotopic (exact) mass is 424 g/mol. The second-order valence-corrected chi connectivity index (χ2v) is 6.81. The van der Waals surface area contributed by atoms with Gasteiger partial charge in [0.2, 0.25) is 5.91 Å². The average Bonchev–Trinajstić information content (AvgIpc) is 2.96. The van der Waals surface area contributed by atoms with Crippen LogP contribution < -0.4 is 10.6 Å². The Balaban J connectivity index is 0.00000441. The van der Waals surface area contributed by atoms with Crippen molar-refractivity contribution in [2.45, 2.75) is 46.5 Å². The fraction of sp³-hybridized carbons (Fsp3) is 0.875. The zero-order valence-corrected chi connectivity index (χ0v) is 17.1. The molecule has 5 nitrogen and oxygen atoms in total. The van der Waals surface area contributed by atoms with Crippen LogP contribution in [0, 0.1) is 11.3 Å². The maximum Gasteiger partial charge on any atom is 0.243 e. The van der Waals surface area contributed by atoms with Crippen LogP contribution in [0.5, 0.6) is 0 Å². The van der Waals surface area contributed by atoms with E-state index in [1.807, 2.05) is 6.92 Å². The predicted octanol–water partition coefficient (Wildman–Crippen LogP) is 2.46. The third-order valence-electron chi connectivity index (χ3n) is 4.39. The molecule has 1 fully saturated rings. The van der Waals surface area contributed by atoms with E-state index in [-0.39, 0.29) is 41.8 Å². The van der Waals surface area contributed by atoms with Crippen molar-refractivity contribution in [2.24, 2.45) is 16.3 Å². The maximum atomic E-state index is 11.6. The van der Waals surface area contributed by atoms with Gasteiger partial charge < -0.3 is 15.5 Å². The molecule has 0 aliphatic heterocycles. The van der Waals surface area contributed by atoms with Crippen LogP contribution in [0.2, 0.25) is 0 Å². The van der Waals surface area contributed by atoms with Crippen LogP contribution in [0.25, 0.3) is 0 Å². The lowest BCUT2D eigenvalue weighted by molar-refractivity contribution is -0.127. The van der Waals surface area contributed by atoms with Gasteiger partial charge in [0.15, 0.2) is 5.96 Å². The average molecular weight is 424 g/mol. The fourth-order valence-corrected chi connectivity index (χ4v) is 2.79. The minimum atomic E-state index is 0. The second-order valence-electron chi connectivity index (χ2n) is 6.81. The maximum absolute atomic E-state index is 11.6. The van der Waals surface area contributed by atoms with Gasteiger partial charge in [-0.15, -0.1) is 24.0 Å². The molecule has 0 radical (unpaired) electrons. The summed E-state index contributed by atoms with van der Waals surface area (Å²) in [5, 5.41) is 6.61. The summed E-state index contributed by atoms with van der Waals surface area (Å²) in [4.78, 5) is 17.6. The molecule has 1 saturated carbocycles. The number of amides is 1. The van der Waals surface area contributed by atoms with E-state index >= 15 is 0 Å². The first-order valence-corrected chi connectivity index (χ1v) is 8.09. The summed E-state index contributed by atoms with van der Waals surface area (Å²) < 4.78 is 0. The van der Waals surface area contributed by atoms with Crippen LogP contribution in [0.4, 0.5) is 0 Å². The molecular weight excluding hydrogens is 391 g/mol. The number of aliphatic imine (C=N–C) groups is 1. The Morgan fingerprint density at radius 3 is 2.32 bits per heavy atom. The molecular formula is C16H33IN4O. The topological polar surface area (TPSA) is 56.7 Å². The Bertz CT molecular complexity index is 363. The number of halogens is 1. The first kappa shape index (κ1) is 21.5. The standard InChI is InChI=1S/C16H32N4O.HI/c1-6-17-15(18-11-14(21)20(4)5)19-12-16(2,3)13-9-7-8-10-13;/h13H,6-12H2,1-5H3,(H2,17,18,19);1H. The molecule has 22 heavy (non-hydrogen) atoms. The van der Waals surface area contributed by atoms with E-state index in [0.29, 0.717) is 0 Å². The van der Waals surface area contributed by atoms with Crippen molar-refractivity contribution >= 4 is 35.8 Å². The van der Waals surface area contributed by atoms with E-state index in [2.05, 4.69) is 29.5 Å². The third kappa shape index (κ3) is 7.15. The summed E-state index contributed by atoms with van der Waals surface area (Å²) >= 11 is 0. The summed E-state index contributed by atoms with van der Waals surface area (Å²) in [6, 6.07) is 0. The summed E-state index contributed by atoms with van der Waals surface area (Å²) in [7, 11) is 3.50. The van der Waals surface area contributed by atoms with E-state index in [1.54, 1.807) is 19.0 Å². The van der Waals surface area contributed by atoms with Crippen molar-refractivity contribution in [2.75, 3.05) is 33.7 Å². The van der Waals surface area contributed by atoms with E-state index in [9.17, 15) is 4.79 Å². The molecule has 2 N–H and O–H groups in total. The molecule has 1 aliphatic rings. The number of hydrogen-bond acceptors (Lipinski definition) is 2. The molecule has 1 rings (SSSR count). The number of nitrogens with zero attached hydrogens (tertiary/aromatic N) is 2. The molecule has 0 unspecified atom stereocenters. The lowest BCUT2D eigenvalue weighted by Crippen LogP contribution is -2.44. The minimum absolute atomic E-state index is 0. The van der Waals surface area contributed by atoms with Gasteiger partial charge in [-0.2, -0.15) is 0 Å². The highest BCUT2D eigenvalue weighted by Gasteiger charge is 2.31. The van der Waals surface area contributed by atoms with Gasteiger partial charge in [-0.1, -0.05) is 26.7 Å². The van der Waals surface area contributed by atoms with E-state index in [0.717, 1.165) is 25.0 Å². The molecule has 0 aromatic rings. The normalized spacial score (nSPS) is 16.1. The smallest absolute Gasteiger partial charge is 0.243 e. The fourth-order valence-electron chi connectivity index (χ4n) is 2.79. The highest BCUT2D eigenvalue weighted by molar-refractivity contribution is 14.0. The molecule has 1 amide bonds. The first-order valence-electron chi connectivity index (χ1n) is 8.09. The van der Waals surface area contributed by atoms with Crippen LogP contribution in [-0.4, -0.2) is 50.5 Å². The number of hydrogen-bond donors (Lipinski definition) is 2. The number of nitrogens with one attached hydrogen (secondary N) is 2. The van der Waals surface area contributed by atoms with Gasteiger partial charge in [0.25, 0.3) is 0 Å². The summed E-state index contributed by atoms with van der Waals surface area (Å²) in [6.45, 7) is 8.56. The molecule has 0 atom stereocenters. The third-order valence-corrected chi connectivity index (χ3v) is 4.39. The van der Waals surface area contributed by atoms with E-state index in [4.69, 9.17) is 0 Å². The Morgan fingerprint density at radius 2 is 1.82 bits per heavy atom. The highest BCUT2D eigenvalue weighted by Crippen LogP contribution is 2.38. The van der Waals surface area contributed by atoms with E-state index in [1.165, 1.54) is 25.7 Å². The largest absolute Gasteiger partial charge is 0.357 e. The zero-order valence-electron chi connectivity index (χ0n) is 14.7. The molecule has 0 aromatic carbocycles. The van der Waals surface area contributed by atoms with Crippen LogP contribution in [-0.2, 0) is 4.79 Å². The molecule has 0 saturated heterocycles. The zero-order chi connectivity index (χ0) is 15.9. The second kappa shape index (κ2) is 10.3. The van der Waals surface area contributed by atoms with Gasteiger partial charge in [-0.05, 0) is 31.1 Å². The lowest BCUT2D eigenvalue weighted by Gasteiger charge is -2.32. The molecule has 0 heterocycles. The highest BCUT2D eigenvalue weighted by atomic mass is 127. The van der Waals surface area contributed by atoms with Crippen molar-refractivity contribution in [3.8, 4) is 0 Å². The van der Waals surface area contributed by atoms with Gasteiger partial charge in [0, 0.05) is 27.2 Å². The Hall–Kier alpha value is -0.530. The van der Waals surface area contributed by atoms with Gasteiger partial charge >= 0.3 is 0 Å². The van der Waals surface area contributed by atoms with Gasteiger partial charge in [-0.25, -0.2) is 4.99 Å². The van der Waals surface area contributed by atoms with Gasteiger partial charge in [0.1, 0.15) is 6.54 Å². The Kier molecular flexibility index (Phi) is 10.0. The Labute approximate surface area is 152 Å². The quantitative estimate of drug-likeness (QED) is 0.391. The molecule has 130 valence electrons. The van der Waals surface area contributed by atoms with Crippen LogP contribution in [0.3, 0.4) is 0 Å². The minimum Gasteiger partial charge on any atom is -0.357 e. The molecule has 0 spiro atoms. The molecule has 0 bridgehead atoms. The number of rotatable bonds is 6. The van der Waals surface area contributed by atoms with Crippen molar-refractivity contribution in [3.05, 3.63) is 0 Å². The molecule has 0 aromatic heterocycles. The van der Waals surface area contributed by atoms with Crippen molar-refractivity contribution in [1.82, 2.24) is 15.5 Å². The first-order chi connectivity index (χ1) is 9.86. The van der Waals surface area contributed by atoms with E-state index < -0.39 is 0 Å². The number of carbonyl (C=O) groups excluding carboxylic acids is 1. The number of carbonyl (C=O) groups is 1. The van der Waals surface area contributed by atoms with Crippen molar-refractivity contribution < 1.29 is 4.79 Å². The number of guanidine groups is 1. The van der Waals surface area contributed by atoms with Gasteiger partial charge in [0.05, 0.1) is 0 Å². The molecule has 1 aliphatic carbocycles. The summed E-state index contributed by atoms with van der Waals surface area (Å²) in [6.07, 6.45) is 5.39. The number of likely N-dealkylation sites (N-methyl/N-ethyl adjacent to an activating group) is 1.